The molecule has 2 N–H and O–H groups in total. The van der Waals surface area contributed by atoms with Gasteiger partial charge in [-0.25, -0.2) is 27.8 Å². The monoisotopic (exact) mass is 596 g/mol. The van der Waals surface area contributed by atoms with Crippen molar-refractivity contribution in [1.82, 2.24) is 19.9 Å². The number of rotatable bonds is 8. The highest BCUT2D eigenvalue weighted by atomic mass is 35.5. The fourth-order valence-corrected chi connectivity index (χ4v) is 6.95. The molecule has 1 fully saturated rings. The van der Waals surface area contributed by atoms with Gasteiger partial charge in [-0.1, -0.05) is 30.7 Å². The van der Waals surface area contributed by atoms with Crippen LogP contribution in [0.2, 0.25) is 5.02 Å². The third-order valence-corrected chi connectivity index (χ3v) is 9.58. The topological polar surface area (TPSA) is 100 Å². The average Bonchev–Trinajstić information content (AvgIpc) is 2.94. The normalized spacial score (nSPS) is 17.6. The Morgan fingerprint density at radius 3 is 2.49 bits per heavy atom. The number of aryl methyl sites for hydroxylation is 2. The van der Waals surface area contributed by atoms with Gasteiger partial charge in [-0.3, -0.25) is 4.72 Å². The van der Waals surface area contributed by atoms with Crippen LogP contribution in [0, 0.1) is 12.7 Å². The summed E-state index contributed by atoms with van der Waals surface area (Å²) in [6.07, 6.45) is 6.96. The second-order valence-electron chi connectivity index (χ2n) is 10.7. The zero-order valence-electron chi connectivity index (χ0n) is 23.6. The quantitative estimate of drug-likeness (QED) is 0.241. The smallest absolute Gasteiger partial charge is 0.264 e. The minimum Gasteiger partial charge on any atom is -0.351 e. The van der Waals surface area contributed by atoms with Gasteiger partial charge in [0.25, 0.3) is 10.0 Å². The Balaban J connectivity index is 1.41. The lowest BCUT2D eigenvalue weighted by Crippen LogP contribution is -2.36. The zero-order valence-corrected chi connectivity index (χ0v) is 25.2. The lowest BCUT2D eigenvalue weighted by Gasteiger charge is -2.33. The third kappa shape index (κ3) is 6.29. The van der Waals surface area contributed by atoms with Crippen molar-refractivity contribution in [3.05, 3.63) is 70.8 Å². The molecule has 41 heavy (non-hydrogen) atoms. The molecule has 1 saturated carbocycles. The molecule has 0 bridgehead atoms. The molecule has 216 valence electrons. The molecule has 1 aliphatic carbocycles. The number of benzene rings is 2. The Kier molecular flexibility index (Phi) is 8.45. The van der Waals surface area contributed by atoms with Crippen molar-refractivity contribution in [3.8, 4) is 11.1 Å². The number of hydrogen-bond donors (Lipinski definition) is 2. The summed E-state index contributed by atoms with van der Waals surface area (Å²) in [7, 11) is 0.138. The zero-order chi connectivity index (χ0) is 29.3. The van der Waals surface area contributed by atoms with Crippen molar-refractivity contribution in [2.75, 3.05) is 24.1 Å². The van der Waals surface area contributed by atoms with Crippen LogP contribution in [-0.2, 0) is 16.4 Å². The van der Waals surface area contributed by atoms with Crippen LogP contribution >= 0.6 is 11.6 Å². The molecule has 2 aromatic heterocycles. The van der Waals surface area contributed by atoms with Gasteiger partial charge >= 0.3 is 0 Å². The molecular weight excluding hydrogens is 563 g/mol. The van der Waals surface area contributed by atoms with Crippen LogP contribution in [0.3, 0.4) is 0 Å². The van der Waals surface area contributed by atoms with E-state index >= 15 is 4.39 Å². The van der Waals surface area contributed by atoms with Gasteiger partial charge in [0, 0.05) is 34.9 Å². The molecule has 1 aliphatic rings. The maximum atomic E-state index is 15.2. The van der Waals surface area contributed by atoms with E-state index in [0.29, 0.717) is 29.3 Å². The summed E-state index contributed by atoms with van der Waals surface area (Å²) in [4.78, 5) is 15.8. The highest BCUT2D eigenvalue weighted by Crippen LogP contribution is 2.32. The Bertz CT molecular complexity index is 1690. The summed E-state index contributed by atoms with van der Waals surface area (Å²) in [5, 5.41) is 4.40. The summed E-state index contributed by atoms with van der Waals surface area (Å²) in [6, 6.07) is 12.1. The molecule has 0 atom stereocenters. The SMILES string of the molecule is CCc1cc(-c2cc(F)c(NS(=O)(=O)c3ccccc3Cl)nc2C)cc2cnc(N[C@H]3CC[C@H](N(C)C)CC3)nc12. The standard InChI is InChI=1S/C30H34ClFN6O2S/c1-5-19-14-20(15-21-17-33-30(36-28(19)21)35-22-10-12-23(13-11-22)38(3)4)24-16-26(32)29(34-18(24)2)37-41(39,40)27-9-7-6-8-25(27)31/h6-9,14-17,22-23H,5,10-13H2,1-4H3,(H,34,37)(H,33,35,36)/t22-,23-. The lowest BCUT2D eigenvalue weighted by atomic mass is 9.90. The van der Waals surface area contributed by atoms with Gasteiger partial charge in [0.15, 0.2) is 11.6 Å². The maximum absolute atomic E-state index is 15.2. The predicted octanol–water partition coefficient (Wildman–Crippen LogP) is 6.44. The first kappa shape index (κ1) is 29.2. The van der Waals surface area contributed by atoms with Crippen molar-refractivity contribution in [1.29, 1.82) is 0 Å². The van der Waals surface area contributed by atoms with E-state index in [1.807, 2.05) is 12.1 Å². The van der Waals surface area contributed by atoms with E-state index in [4.69, 9.17) is 16.6 Å². The largest absolute Gasteiger partial charge is 0.351 e. The fourth-order valence-electron chi connectivity index (χ4n) is 5.42. The van der Waals surface area contributed by atoms with Crippen molar-refractivity contribution < 1.29 is 12.8 Å². The first-order valence-electron chi connectivity index (χ1n) is 13.7. The van der Waals surface area contributed by atoms with Crippen LogP contribution in [-0.4, -0.2) is 54.4 Å². The second-order valence-corrected chi connectivity index (χ2v) is 12.8. The number of pyridine rings is 1. The van der Waals surface area contributed by atoms with Gasteiger partial charge in [0.2, 0.25) is 5.95 Å². The molecule has 0 saturated heterocycles. The van der Waals surface area contributed by atoms with Crippen molar-refractivity contribution in [3.63, 3.8) is 0 Å². The molecule has 0 amide bonds. The summed E-state index contributed by atoms with van der Waals surface area (Å²) in [6.45, 7) is 3.76. The number of fused-ring (bicyclic) bond motifs is 1. The minimum atomic E-state index is -4.13. The average molecular weight is 597 g/mol. The summed E-state index contributed by atoms with van der Waals surface area (Å²) in [5.41, 5.74) is 3.63. The van der Waals surface area contributed by atoms with E-state index in [9.17, 15) is 8.42 Å². The number of hydrogen-bond acceptors (Lipinski definition) is 7. The van der Waals surface area contributed by atoms with E-state index in [1.165, 1.54) is 18.2 Å². The molecule has 5 rings (SSSR count). The van der Waals surface area contributed by atoms with Crippen LogP contribution in [0.25, 0.3) is 22.0 Å². The van der Waals surface area contributed by atoms with Gasteiger partial charge < -0.3 is 10.2 Å². The number of halogens is 2. The van der Waals surface area contributed by atoms with Crippen LogP contribution in [0.5, 0.6) is 0 Å². The Morgan fingerprint density at radius 2 is 1.80 bits per heavy atom. The minimum absolute atomic E-state index is 0.0364. The number of aromatic nitrogens is 3. The van der Waals surface area contributed by atoms with Crippen molar-refractivity contribution in [2.45, 2.75) is 62.9 Å². The predicted molar refractivity (Wildman–Crippen MR) is 162 cm³/mol. The van der Waals surface area contributed by atoms with Gasteiger partial charge in [0.1, 0.15) is 4.90 Å². The van der Waals surface area contributed by atoms with Crippen LogP contribution < -0.4 is 10.0 Å². The Morgan fingerprint density at radius 1 is 1.07 bits per heavy atom. The van der Waals surface area contributed by atoms with E-state index in [0.717, 1.165) is 54.1 Å². The molecular formula is C30H34ClFN6O2S. The number of sulfonamides is 1. The van der Waals surface area contributed by atoms with Crippen LogP contribution in [0.4, 0.5) is 16.2 Å². The third-order valence-electron chi connectivity index (χ3n) is 7.74. The molecule has 2 aromatic carbocycles. The van der Waals surface area contributed by atoms with E-state index < -0.39 is 15.8 Å². The first-order chi connectivity index (χ1) is 19.6. The molecule has 4 aromatic rings. The fraction of sp³-hybridized carbons (Fsp3) is 0.367. The molecule has 0 unspecified atom stereocenters. The van der Waals surface area contributed by atoms with Gasteiger partial charge in [-0.05, 0) is 94.6 Å². The summed E-state index contributed by atoms with van der Waals surface area (Å²) >= 11 is 6.05. The number of nitrogens with zero attached hydrogens (tertiary/aromatic N) is 4. The van der Waals surface area contributed by atoms with E-state index in [2.05, 4.69) is 45.9 Å². The molecule has 2 heterocycles. The Hall–Kier alpha value is -3.34. The molecule has 0 spiro atoms. The van der Waals surface area contributed by atoms with Crippen LogP contribution in [0.15, 0.2) is 53.6 Å². The molecule has 0 aliphatic heterocycles. The lowest BCUT2D eigenvalue weighted by molar-refractivity contribution is 0.221. The van der Waals surface area contributed by atoms with E-state index in [1.54, 1.807) is 25.3 Å². The summed E-state index contributed by atoms with van der Waals surface area (Å²) in [5.74, 6) is -0.562. The van der Waals surface area contributed by atoms with Gasteiger partial charge in [-0.15, -0.1) is 0 Å². The van der Waals surface area contributed by atoms with Gasteiger partial charge in [0.05, 0.1) is 10.5 Å². The van der Waals surface area contributed by atoms with Crippen molar-refractivity contribution in [2.24, 2.45) is 0 Å². The number of nitrogens with one attached hydrogen (secondary N) is 2. The molecule has 8 nitrogen and oxygen atoms in total. The summed E-state index contributed by atoms with van der Waals surface area (Å²) < 4.78 is 43.2. The van der Waals surface area contributed by atoms with Crippen LogP contribution in [0.1, 0.15) is 43.9 Å². The second kappa shape index (κ2) is 11.9. The maximum Gasteiger partial charge on any atom is 0.264 e. The highest BCUT2D eigenvalue weighted by Gasteiger charge is 2.24. The first-order valence-corrected chi connectivity index (χ1v) is 15.6. The molecule has 0 radical (unpaired) electrons. The van der Waals surface area contributed by atoms with Gasteiger partial charge in [-0.2, -0.15) is 0 Å². The molecule has 11 heteroatoms. The van der Waals surface area contributed by atoms with Crippen molar-refractivity contribution >= 4 is 44.3 Å². The highest BCUT2D eigenvalue weighted by molar-refractivity contribution is 7.92. The number of anilines is 2. The Labute approximate surface area is 245 Å². The van der Waals surface area contributed by atoms with E-state index in [-0.39, 0.29) is 15.7 Å².